The van der Waals surface area contributed by atoms with E-state index in [-0.39, 0.29) is 0 Å². The van der Waals surface area contributed by atoms with E-state index in [1.54, 1.807) is 0 Å². The van der Waals surface area contributed by atoms with Gasteiger partial charge < -0.3 is 5.32 Å². The maximum Gasteiger partial charge on any atom is 0.0249 e. The molecule has 0 bridgehead atoms. The van der Waals surface area contributed by atoms with Crippen molar-refractivity contribution in [2.45, 2.75) is 85.2 Å². The Morgan fingerprint density at radius 1 is 1.10 bits per heavy atom. The van der Waals surface area contributed by atoms with E-state index in [0.717, 1.165) is 17.9 Å². The molecule has 1 N–H and O–H groups in total. The van der Waals surface area contributed by atoms with E-state index >= 15 is 0 Å². The largest absolute Gasteiger partial charge is 0.311 e. The van der Waals surface area contributed by atoms with Crippen LogP contribution < -0.4 is 5.32 Å². The van der Waals surface area contributed by atoms with E-state index in [4.69, 9.17) is 0 Å². The number of hydrogen-bond acceptors (Lipinski definition) is 2. The summed E-state index contributed by atoms with van der Waals surface area (Å²) in [4.78, 5) is 2.85. The van der Waals surface area contributed by atoms with Gasteiger partial charge in [-0.05, 0) is 43.1 Å². The van der Waals surface area contributed by atoms with Gasteiger partial charge in [0.1, 0.15) is 0 Å². The van der Waals surface area contributed by atoms with E-state index in [1.165, 1.54) is 58.2 Å². The molecule has 21 heavy (non-hydrogen) atoms. The molecular weight excluding hydrogens is 256 g/mol. The second-order valence-corrected chi connectivity index (χ2v) is 9.03. The second-order valence-electron chi connectivity index (χ2n) is 9.03. The number of piperazine rings is 1. The summed E-state index contributed by atoms with van der Waals surface area (Å²) in [6.07, 6.45) is 8.63. The molecule has 0 aromatic rings. The first-order valence-electron chi connectivity index (χ1n) is 9.34. The van der Waals surface area contributed by atoms with Crippen molar-refractivity contribution in [1.82, 2.24) is 10.2 Å². The van der Waals surface area contributed by atoms with E-state index in [1.807, 2.05) is 0 Å². The van der Waals surface area contributed by atoms with E-state index < -0.39 is 0 Å². The van der Waals surface area contributed by atoms with Crippen molar-refractivity contribution in [1.29, 1.82) is 0 Å². The summed E-state index contributed by atoms with van der Waals surface area (Å²) in [6, 6.07) is 1.48. The molecule has 2 nitrogen and oxygen atoms in total. The topological polar surface area (TPSA) is 15.3 Å². The SMILES string of the molecule is CC(C)C1CN(CCC(C)(C)C)C(C2CCCCC2)CN1. The van der Waals surface area contributed by atoms with Gasteiger partial charge in [0.05, 0.1) is 0 Å². The predicted molar refractivity (Wildman–Crippen MR) is 92.6 cm³/mol. The molecule has 0 amide bonds. The Morgan fingerprint density at radius 3 is 2.33 bits per heavy atom. The lowest BCUT2D eigenvalue weighted by Crippen LogP contribution is -2.60. The zero-order valence-electron chi connectivity index (χ0n) is 15.1. The molecule has 1 aliphatic heterocycles. The van der Waals surface area contributed by atoms with Gasteiger partial charge in [-0.3, -0.25) is 4.90 Å². The summed E-state index contributed by atoms with van der Waals surface area (Å²) < 4.78 is 0. The molecule has 0 radical (unpaired) electrons. The molecule has 2 rings (SSSR count). The molecule has 2 unspecified atom stereocenters. The summed E-state index contributed by atoms with van der Waals surface area (Å²) in [7, 11) is 0. The quantitative estimate of drug-likeness (QED) is 0.831. The Bertz CT molecular complexity index is 299. The highest BCUT2D eigenvalue weighted by atomic mass is 15.2. The number of nitrogens with one attached hydrogen (secondary N) is 1. The number of nitrogens with zero attached hydrogens (tertiary/aromatic N) is 1. The molecule has 0 aromatic carbocycles. The maximum absolute atomic E-state index is 3.85. The average Bonchev–Trinajstić information content (AvgIpc) is 2.45. The third kappa shape index (κ3) is 5.25. The van der Waals surface area contributed by atoms with Gasteiger partial charge in [0.25, 0.3) is 0 Å². The van der Waals surface area contributed by atoms with Crippen molar-refractivity contribution >= 4 is 0 Å². The molecule has 2 fully saturated rings. The van der Waals surface area contributed by atoms with Crippen LogP contribution in [0.3, 0.4) is 0 Å². The van der Waals surface area contributed by atoms with Gasteiger partial charge in [0.2, 0.25) is 0 Å². The molecule has 1 saturated heterocycles. The smallest absolute Gasteiger partial charge is 0.0249 e. The average molecular weight is 295 g/mol. The monoisotopic (exact) mass is 294 g/mol. The van der Waals surface area contributed by atoms with Crippen LogP contribution in [0.5, 0.6) is 0 Å². The highest BCUT2D eigenvalue weighted by Gasteiger charge is 2.34. The Labute approximate surface area is 133 Å². The van der Waals surface area contributed by atoms with Crippen LogP contribution in [0.1, 0.15) is 73.1 Å². The molecule has 2 atom stereocenters. The molecule has 1 saturated carbocycles. The summed E-state index contributed by atoms with van der Waals surface area (Å²) in [5, 5.41) is 3.85. The fourth-order valence-electron chi connectivity index (χ4n) is 4.02. The minimum absolute atomic E-state index is 0.454. The van der Waals surface area contributed by atoms with Crippen molar-refractivity contribution in [3.05, 3.63) is 0 Å². The van der Waals surface area contributed by atoms with Gasteiger partial charge in [-0.2, -0.15) is 0 Å². The molecule has 1 heterocycles. The van der Waals surface area contributed by atoms with Crippen LogP contribution in [-0.4, -0.2) is 36.6 Å². The lowest BCUT2D eigenvalue weighted by Gasteiger charge is -2.46. The summed E-state index contributed by atoms with van der Waals surface area (Å²) in [6.45, 7) is 15.6. The Kier molecular flexibility index (Phi) is 6.14. The summed E-state index contributed by atoms with van der Waals surface area (Å²) in [5.41, 5.74) is 0.454. The Balaban J connectivity index is 1.98. The van der Waals surface area contributed by atoms with E-state index in [9.17, 15) is 0 Å². The van der Waals surface area contributed by atoms with Crippen molar-refractivity contribution in [3.63, 3.8) is 0 Å². The third-order valence-corrected chi connectivity index (χ3v) is 5.64. The van der Waals surface area contributed by atoms with Crippen molar-refractivity contribution in [3.8, 4) is 0 Å². The highest BCUT2D eigenvalue weighted by molar-refractivity contribution is 4.92. The highest BCUT2D eigenvalue weighted by Crippen LogP contribution is 2.31. The maximum atomic E-state index is 3.85. The van der Waals surface area contributed by atoms with Crippen LogP contribution in [0, 0.1) is 17.3 Å². The molecule has 0 spiro atoms. The fraction of sp³-hybridized carbons (Fsp3) is 1.00. The molecule has 2 heteroatoms. The van der Waals surface area contributed by atoms with Gasteiger partial charge in [-0.25, -0.2) is 0 Å². The lowest BCUT2D eigenvalue weighted by atomic mass is 9.81. The number of hydrogen-bond donors (Lipinski definition) is 1. The molecule has 124 valence electrons. The first-order valence-corrected chi connectivity index (χ1v) is 9.34. The molecule has 0 aromatic heterocycles. The predicted octanol–water partition coefficient (Wildman–Crippen LogP) is 4.30. The van der Waals surface area contributed by atoms with Crippen molar-refractivity contribution in [2.24, 2.45) is 17.3 Å². The number of rotatable bonds is 4. The van der Waals surface area contributed by atoms with Gasteiger partial charge in [0, 0.05) is 25.2 Å². The molecule has 2 aliphatic rings. The van der Waals surface area contributed by atoms with Gasteiger partial charge >= 0.3 is 0 Å². The third-order valence-electron chi connectivity index (χ3n) is 5.64. The zero-order chi connectivity index (χ0) is 15.5. The van der Waals surface area contributed by atoms with Crippen molar-refractivity contribution in [2.75, 3.05) is 19.6 Å². The van der Waals surface area contributed by atoms with Gasteiger partial charge in [0.15, 0.2) is 0 Å². The van der Waals surface area contributed by atoms with Crippen molar-refractivity contribution < 1.29 is 0 Å². The van der Waals surface area contributed by atoms with Crippen LogP contribution in [0.25, 0.3) is 0 Å². The zero-order valence-corrected chi connectivity index (χ0v) is 15.1. The first-order chi connectivity index (χ1) is 9.87. The summed E-state index contributed by atoms with van der Waals surface area (Å²) >= 11 is 0. The van der Waals surface area contributed by atoms with Crippen LogP contribution in [0.15, 0.2) is 0 Å². The minimum Gasteiger partial charge on any atom is -0.311 e. The fourth-order valence-corrected chi connectivity index (χ4v) is 4.02. The van der Waals surface area contributed by atoms with Crippen LogP contribution in [0.4, 0.5) is 0 Å². The summed E-state index contributed by atoms with van der Waals surface area (Å²) in [5.74, 6) is 1.69. The van der Waals surface area contributed by atoms with Gasteiger partial charge in [-0.1, -0.05) is 53.9 Å². The normalized spacial score (nSPS) is 30.0. The molecular formula is C19H38N2. The molecule has 1 aliphatic carbocycles. The second kappa shape index (κ2) is 7.46. The van der Waals surface area contributed by atoms with E-state index in [2.05, 4.69) is 44.8 Å². The van der Waals surface area contributed by atoms with Gasteiger partial charge in [-0.15, -0.1) is 0 Å². The van der Waals surface area contributed by atoms with Crippen LogP contribution in [0.2, 0.25) is 0 Å². The van der Waals surface area contributed by atoms with Crippen LogP contribution in [-0.2, 0) is 0 Å². The standard InChI is InChI=1S/C19H38N2/c1-15(2)17-14-21(12-11-19(3,4)5)18(13-20-17)16-9-7-6-8-10-16/h15-18,20H,6-14H2,1-5H3. The lowest BCUT2D eigenvalue weighted by molar-refractivity contribution is 0.0531. The Morgan fingerprint density at radius 2 is 1.76 bits per heavy atom. The Hall–Kier alpha value is -0.0800. The van der Waals surface area contributed by atoms with Crippen LogP contribution >= 0.6 is 0 Å². The first kappa shape index (κ1) is 17.3. The minimum atomic E-state index is 0.454. The van der Waals surface area contributed by atoms with E-state index in [0.29, 0.717) is 11.5 Å².